The van der Waals surface area contributed by atoms with Crippen molar-refractivity contribution < 1.29 is 4.79 Å². The number of H-pyrrole nitrogens is 1. The number of amides is 1. The molecule has 26 heavy (non-hydrogen) atoms. The molecule has 1 aliphatic heterocycles. The predicted molar refractivity (Wildman–Crippen MR) is 105 cm³/mol. The predicted octanol–water partition coefficient (Wildman–Crippen LogP) is 3.41. The maximum Gasteiger partial charge on any atom is 0.275 e. The molecule has 1 aromatic heterocycles. The summed E-state index contributed by atoms with van der Waals surface area (Å²) in [4.78, 5) is 15.2. The molecule has 1 amide bonds. The van der Waals surface area contributed by atoms with Gasteiger partial charge in [0.2, 0.25) is 0 Å². The van der Waals surface area contributed by atoms with Crippen LogP contribution in [0.5, 0.6) is 0 Å². The highest BCUT2D eigenvalue weighted by Gasteiger charge is 2.35. The Bertz CT molecular complexity index is 765. The van der Waals surface area contributed by atoms with Gasteiger partial charge >= 0.3 is 0 Å². The minimum Gasteiger partial charge on any atom is -0.330 e. The third-order valence-electron chi connectivity index (χ3n) is 5.26. The standard InChI is InChI=1S/C20H26N4O.ClH/c1-13(2)15-5-3-14(4-6-15)12-24(16-7-8-16)20(25)19-17-11-21-10-9-18(17)22-23-19;/h3-6,13,16,21H,7-12H2,1-2H3,(H,22,23);1H. The van der Waals surface area contributed by atoms with Gasteiger partial charge in [0.05, 0.1) is 0 Å². The monoisotopic (exact) mass is 374 g/mol. The summed E-state index contributed by atoms with van der Waals surface area (Å²) >= 11 is 0. The molecule has 4 rings (SSSR count). The average molecular weight is 375 g/mol. The van der Waals surface area contributed by atoms with Gasteiger partial charge in [-0.25, -0.2) is 0 Å². The van der Waals surface area contributed by atoms with Crippen LogP contribution in [0.1, 0.15) is 65.5 Å². The molecule has 0 atom stereocenters. The maximum absolute atomic E-state index is 13.2. The fourth-order valence-electron chi connectivity index (χ4n) is 3.50. The SMILES string of the molecule is CC(C)c1ccc(CN(C(=O)c2n[nH]c3c2CNCC3)C2CC2)cc1.Cl. The van der Waals surface area contributed by atoms with E-state index in [1.807, 2.05) is 4.90 Å². The Hall–Kier alpha value is -1.85. The Balaban J connectivity index is 0.00000196. The Morgan fingerprint density at radius 3 is 2.65 bits per heavy atom. The molecule has 0 spiro atoms. The molecule has 0 saturated heterocycles. The molecule has 0 bridgehead atoms. The minimum atomic E-state index is 0. The Kier molecular flexibility index (Phi) is 5.68. The van der Waals surface area contributed by atoms with Crippen molar-refractivity contribution in [2.45, 2.75) is 58.2 Å². The normalized spacial score (nSPS) is 16.1. The Labute approximate surface area is 161 Å². The van der Waals surface area contributed by atoms with Crippen molar-refractivity contribution >= 4 is 18.3 Å². The van der Waals surface area contributed by atoms with E-state index < -0.39 is 0 Å². The zero-order valence-electron chi connectivity index (χ0n) is 15.4. The number of hydrogen-bond acceptors (Lipinski definition) is 3. The molecule has 2 aliphatic rings. The first kappa shape index (κ1) is 18.9. The van der Waals surface area contributed by atoms with Crippen LogP contribution in [-0.2, 0) is 19.5 Å². The second-order valence-corrected chi connectivity index (χ2v) is 7.52. The van der Waals surface area contributed by atoms with Gasteiger partial charge < -0.3 is 10.2 Å². The first-order chi connectivity index (χ1) is 12.1. The van der Waals surface area contributed by atoms with Crippen molar-refractivity contribution in [3.63, 3.8) is 0 Å². The van der Waals surface area contributed by atoms with Crippen molar-refractivity contribution in [2.24, 2.45) is 0 Å². The summed E-state index contributed by atoms with van der Waals surface area (Å²) in [6.07, 6.45) is 3.11. The van der Waals surface area contributed by atoms with E-state index >= 15 is 0 Å². The van der Waals surface area contributed by atoms with E-state index in [2.05, 4.69) is 53.6 Å². The molecule has 1 aliphatic carbocycles. The van der Waals surface area contributed by atoms with Gasteiger partial charge in [-0.15, -0.1) is 12.4 Å². The number of carbonyl (C=O) groups is 1. The minimum absolute atomic E-state index is 0. The summed E-state index contributed by atoms with van der Waals surface area (Å²) in [7, 11) is 0. The lowest BCUT2D eigenvalue weighted by molar-refractivity contribution is 0.0722. The summed E-state index contributed by atoms with van der Waals surface area (Å²) in [6, 6.07) is 9.02. The number of carbonyl (C=O) groups excluding carboxylic acids is 1. The van der Waals surface area contributed by atoms with Crippen LogP contribution in [0.15, 0.2) is 24.3 Å². The van der Waals surface area contributed by atoms with Crippen LogP contribution < -0.4 is 5.32 Å². The van der Waals surface area contributed by atoms with Crippen LogP contribution in [0.3, 0.4) is 0 Å². The van der Waals surface area contributed by atoms with E-state index in [0.717, 1.165) is 43.6 Å². The summed E-state index contributed by atoms with van der Waals surface area (Å²) in [5.74, 6) is 0.593. The quantitative estimate of drug-likeness (QED) is 0.843. The molecular formula is C20H27ClN4O. The molecule has 1 saturated carbocycles. The van der Waals surface area contributed by atoms with Gasteiger partial charge in [0, 0.05) is 43.4 Å². The number of nitrogens with one attached hydrogen (secondary N) is 2. The average Bonchev–Trinajstić information content (AvgIpc) is 3.38. The molecule has 0 radical (unpaired) electrons. The highest BCUT2D eigenvalue weighted by molar-refractivity contribution is 5.94. The van der Waals surface area contributed by atoms with Gasteiger partial charge in [0.25, 0.3) is 5.91 Å². The zero-order chi connectivity index (χ0) is 17.4. The highest BCUT2D eigenvalue weighted by atomic mass is 35.5. The smallest absolute Gasteiger partial charge is 0.275 e. The van der Waals surface area contributed by atoms with Gasteiger partial charge in [-0.3, -0.25) is 9.89 Å². The van der Waals surface area contributed by atoms with Crippen LogP contribution in [0.4, 0.5) is 0 Å². The maximum atomic E-state index is 13.2. The molecule has 2 heterocycles. The number of aromatic amines is 1. The third-order valence-corrected chi connectivity index (χ3v) is 5.26. The number of benzene rings is 1. The number of halogens is 1. The zero-order valence-corrected chi connectivity index (χ0v) is 16.2. The van der Waals surface area contributed by atoms with Gasteiger partial charge in [0.1, 0.15) is 0 Å². The lowest BCUT2D eigenvalue weighted by Gasteiger charge is -2.23. The van der Waals surface area contributed by atoms with Crippen molar-refractivity contribution in [1.82, 2.24) is 20.4 Å². The molecule has 1 aromatic carbocycles. The molecule has 1 fully saturated rings. The van der Waals surface area contributed by atoms with Crippen molar-refractivity contribution in [3.05, 3.63) is 52.3 Å². The van der Waals surface area contributed by atoms with Crippen molar-refractivity contribution in [1.29, 1.82) is 0 Å². The molecule has 140 valence electrons. The van der Waals surface area contributed by atoms with Gasteiger partial charge in [0.15, 0.2) is 5.69 Å². The van der Waals surface area contributed by atoms with Crippen LogP contribution >= 0.6 is 12.4 Å². The summed E-state index contributed by atoms with van der Waals surface area (Å²) < 4.78 is 0. The fraction of sp³-hybridized carbons (Fsp3) is 0.500. The van der Waals surface area contributed by atoms with Crippen LogP contribution in [0, 0.1) is 0 Å². The molecule has 5 nitrogen and oxygen atoms in total. The van der Waals surface area contributed by atoms with E-state index in [4.69, 9.17) is 0 Å². The molecular weight excluding hydrogens is 348 g/mol. The lowest BCUT2D eigenvalue weighted by Crippen LogP contribution is -2.34. The first-order valence-electron chi connectivity index (χ1n) is 9.30. The number of rotatable bonds is 5. The first-order valence-corrected chi connectivity index (χ1v) is 9.30. The summed E-state index contributed by atoms with van der Waals surface area (Å²) in [5.41, 5.74) is 5.29. The molecule has 2 aromatic rings. The van der Waals surface area contributed by atoms with Gasteiger partial charge in [-0.1, -0.05) is 38.1 Å². The number of nitrogens with zero attached hydrogens (tertiary/aromatic N) is 2. The number of aromatic nitrogens is 2. The Morgan fingerprint density at radius 2 is 2.00 bits per heavy atom. The molecule has 6 heteroatoms. The number of hydrogen-bond donors (Lipinski definition) is 2. The summed E-state index contributed by atoms with van der Waals surface area (Å²) in [5, 5.41) is 10.8. The lowest BCUT2D eigenvalue weighted by atomic mass is 10.0. The Morgan fingerprint density at radius 1 is 1.27 bits per heavy atom. The second kappa shape index (κ2) is 7.80. The highest BCUT2D eigenvalue weighted by Crippen LogP contribution is 2.31. The van der Waals surface area contributed by atoms with Crippen LogP contribution in [0.25, 0.3) is 0 Å². The van der Waals surface area contributed by atoms with E-state index in [9.17, 15) is 4.79 Å². The van der Waals surface area contributed by atoms with E-state index in [0.29, 0.717) is 24.2 Å². The van der Waals surface area contributed by atoms with Crippen molar-refractivity contribution in [3.8, 4) is 0 Å². The topological polar surface area (TPSA) is 61.0 Å². The van der Waals surface area contributed by atoms with E-state index in [-0.39, 0.29) is 18.3 Å². The third kappa shape index (κ3) is 3.79. The van der Waals surface area contributed by atoms with Crippen LogP contribution in [0.2, 0.25) is 0 Å². The van der Waals surface area contributed by atoms with E-state index in [1.165, 1.54) is 11.1 Å². The fourth-order valence-corrected chi connectivity index (χ4v) is 3.50. The molecule has 2 N–H and O–H groups in total. The van der Waals surface area contributed by atoms with Gasteiger partial charge in [-0.05, 0) is 29.9 Å². The second-order valence-electron chi connectivity index (χ2n) is 7.52. The van der Waals surface area contributed by atoms with Gasteiger partial charge in [-0.2, -0.15) is 5.10 Å². The van der Waals surface area contributed by atoms with Crippen LogP contribution in [-0.4, -0.2) is 33.6 Å². The van der Waals surface area contributed by atoms with Crippen molar-refractivity contribution in [2.75, 3.05) is 6.54 Å². The summed E-state index contributed by atoms with van der Waals surface area (Å²) in [6.45, 7) is 6.73. The largest absolute Gasteiger partial charge is 0.330 e. The number of fused-ring (bicyclic) bond motifs is 1. The molecule has 0 unspecified atom stereocenters. The van der Waals surface area contributed by atoms with E-state index in [1.54, 1.807) is 0 Å².